The van der Waals surface area contributed by atoms with Gasteiger partial charge in [0.25, 0.3) is 5.91 Å². The lowest BCUT2D eigenvalue weighted by Crippen LogP contribution is -2.41. The second-order valence-electron chi connectivity index (χ2n) is 4.10. The molecule has 6 nitrogen and oxygen atoms in total. The quantitative estimate of drug-likeness (QED) is 0.348. The smallest absolute Gasteiger partial charge is 0.315 e. The van der Waals surface area contributed by atoms with E-state index in [0.717, 1.165) is 12.1 Å². The highest BCUT2D eigenvalue weighted by atomic mass is 19.3. The molecule has 0 aliphatic carbocycles. The molecule has 0 spiro atoms. The van der Waals surface area contributed by atoms with Crippen molar-refractivity contribution in [2.45, 2.75) is 12.5 Å². The molecule has 0 saturated heterocycles. The number of hydroxylamine groups is 1. The molecule has 0 radical (unpaired) electrons. The average molecular weight is 311 g/mol. The molecule has 1 amide bonds. The first-order chi connectivity index (χ1) is 9.72. The van der Waals surface area contributed by atoms with Crippen LogP contribution in [0.15, 0.2) is 12.1 Å². The summed E-state index contributed by atoms with van der Waals surface area (Å²) in [7, 11) is 0. The molecular weight excluding hydrogens is 298 g/mol. The van der Waals surface area contributed by atoms with Crippen LogP contribution in [0.5, 0.6) is 0 Å². The van der Waals surface area contributed by atoms with E-state index in [1.165, 1.54) is 0 Å². The molecule has 0 aromatic heterocycles. The number of aliphatic hydroxyl groups is 1. The molecule has 0 saturated carbocycles. The van der Waals surface area contributed by atoms with Crippen molar-refractivity contribution in [1.82, 2.24) is 5.32 Å². The van der Waals surface area contributed by atoms with Crippen molar-refractivity contribution < 1.29 is 32.7 Å². The summed E-state index contributed by atoms with van der Waals surface area (Å²) in [5, 5.41) is 21.0. The number of anilines is 2. The Hall–Kier alpha value is -2.07. The van der Waals surface area contributed by atoms with Crippen LogP contribution in [0.3, 0.4) is 0 Å². The number of carbonyl (C=O) groups is 1. The first-order valence-corrected chi connectivity index (χ1v) is 5.67. The van der Waals surface area contributed by atoms with Crippen molar-refractivity contribution in [1.29, 1.82) is 0 Å². The van der Waals surface area contributed by atoms with Gasteiger partial charge in [0, 0.05) is 18.7 Å². The first-order valence-electron chi connectivity index (χ1n) is 5.67. The number of carbonyl (C=O) groups excluding carboxylic acids is 1. The molecular formula is C11H13F4N3O3. The maximum absolute atomic E-state index is 13.2. The number of aliphatic hydroxyl groups excluding tert-OH is 1. The van der Waals surface area contributed by atoms with Gasteiger partial charge in [0.05, 0.1) is 18.3 Å². The number of hydrogen-bond acceptors (Lipinski definition) is 5. The van der Waals surface area contributed by atoms with Crippen LogP contribution < -0.4 is 16.1 Å². The van der Waals surface area contributed by atoms with Crippen molar-refractivity contribution in [2.75, 3.05) is 23.9 Å². The fraction of sp³-hybridized carbons (Fsp3) is 0.364. The summed E-state index contributed by atoms with van der Waals surface area (Å²) >= 11 is 0. The van der Waals surface area contributed by atoms with Gasteiger partial charge in [0.2, 0.25) is 0 Å². The maximum atomic E-state index is 13.2. The van der Waals surface area contributed by atoms with Gasteiger partial charge in [-0.15, -0.1) is 0 Å². The van der Waals surface area contributed by atoms with Crippen LogP contribution in [0.1, 0.15) is 0 Å². The van der Waals surface area contributed by atoms with Crippen molar-refractivity contribution in [3.8, 4) is 0 Å². The zero-order valence-electron chi connectivity index (χ0n) is 10.6. The molecule has 0 heterocycles. The van der Waals surface area contributed by atoms with Crippen molar-refractivity contribution in [3.63, 3.8) is 0 Å². The topological polar surface area (TPSA) is 98.8 Å². The number of rotatable bonds is 6. The Morgan fingerprint density at radius 3 is 2.33 bits per heavy atom. The van der Waals surface area contributed by atoms with Crippen LogP contribution in [0, 0.1) is 11.6 Å². The number of nitrogens with zero attached hydrogens (tertiary/aromatic N) is 1. The van der Waals surface area contributed by atoms with E-state index in [0.29, 0.717) is 5.06 Å². The molecule has 1 rings (SSSR count). The van der Waals surface area contributed by atoms with Gasteiger partial charge >= 0.3 is 6.43 Å². The van der Waals surface area contributed by atoms with Gasteiger partial charge in [0.15, 0.2) is 11.6 Å². The van der Waals surface area contributed by atoms with Crippen LogP contribution in [0.2, 0.25) is 0 Å². The van der Waals surface area contributed by atoms with E-state index >= 15 is 0 Å². The lowest BCUT2D eigenvalue weighted by molar-refractivity contribution is -0.132. The molecule has 21 heavy (non-hydrogen) atoms. The molecule has 0 bridgehead atoms. The molecule has 0 unspecified atom stereocenters. The molecule has 0 fully saturated rings. The van der Waals surface area contributed by atoms with Gasteiger partial charge in [0.1, 0.15) is 5.69 Å². The normalized spacial score (nSPS) is 12.3. The van der Waals surface area contributed by atoms with E-state index in [-0.39, 0.29) is 5.69 Å². The minimum Gasteiger partial charge on any atom is -0.394 e. The first kappa shape index (κ1) is 17.0. The van der Waals surface area contributed by atoms with Gasteiger partial charge in [-0.3, -0.25) is 15.1 Å². The van der Waals surface area contributed by atoms with Crippen LogP contribution in [0.25, 0.3) is 0 Å². The molecule has 1 aromatic carbocycles. The van der Waals surface area contributed by atoms with Gasteiger partial charge in [-0.25, -0.2) is 8.78 Å². The third-order valence-electron chi connectivity index (χ3n) is 2.46. The summed E-state index contributed by atoms with van der Waals surface area (Å²) in [4.78, 5) is 10.6. The standard InChI is InChI=1S/C11H13F4N3O3/c12-7-1-5(2-8(13)9(7)16)18(21)4-6(19)3-17-11(20)10(14)15/h1-2,6,10,19,21H,3-4,16H2,(H,17,20)/t6-/m0/s1. The lowest BCUT2D eigenvalue weighted by atomic mass is 10.2. The van der Waals surface area contributed by atoms with Gasteiger partial charge in [-0.1, -0.05) is 0 Å². The number of halogens is 4. The number of hydrogen-bond donors (Lipinski definition) is 4. The molecule has 10 heteroatoms. The fourth-order valence-corrected chi connectivity index (χ4v) is 1.39. The highest BCUT2D eigenvalue weighted by Crippen LogP contribution is 2.22. The van der Waals surface area contributed by atoms with Crippen LogP contribution in [0.4, 0.5) is 28.9 Å². The number of nitrogen functional groups attached to an aromatic ring is 1. The van der Waals surface area contributed by atoms with Crippen molar-refractivity contribution in [2.24, 2.45) is 0 Å². The number of benzene rings is 1. The van der Waals surface area contributed by atoms with Crippen LogP contribution in [-0.2, 0) is 4.79 Å². The van der Waals surface area contributed by atoms with E-state index in [4.69, 9.17) is 5.73 Å². The summed E-state index contributed by atoms with van der Waals surface area (Å²) in [6, 6.07) is 1.45. The molecule has 0 aliphatic rings. The zero-order valence-corrected chi connectivity index (χ0v) is 10.6. The Balaban J connectivity index is 2.60. The predicted molar refractivity (Wildman–Crippen MR) is 64.9 cm³/mol. The SMILES string of the molecule is Nc1c(F)cc(N(O)C[C@@H](O)CNC(=O)C(F)F)cc1F. The summed E-state index contributed by atoms with van der Waals surface area (Å²) in [5.41, 5.74) is 3.98. The van der Waals surface area contributed by atoms with Gasteiger partial charge < -0.3 is 16.2 Å². The second kappa shape index (κ2) is 7.09. The third-order valence-corrected chi connectivity index (χ3v) is 2.46. The largest absolute Gasteiger partial charge is 0.394 e. The van der Waals surface area contributed by atoms with Crippen LogP contribution in [-0.4, -0.2) is 41.8 Å². The third kappa shape index (κ3) is 4.76. The Kier molecular flexibility index (Phi) is 5.73. The number of nitrogens with two attached hydrogens (primary N) is 1. The summed E-state index contributed by atoms with van der Waals surface area (Å²) in [6.07, 6.45) is -4.68. The average Bonchev–Trinajstić information content (AvgIpc) is 2.41. The minimum absolute atomic E-state index is 0.296. The molecule has 118 valence electrons. The Morgan fingerprint density at radius 1 is 1.33 bits per heavy atom. The Labute approximate surface area is 116 Å². The second-order valence-corrected chi connectivity index (χ2v) is 4.10. The Morgan fingerprint density at radius 2 is 1.86 bits per heavy atom. The monoisotopic (exact) mass is 311 g/mol. The predicted octanol–water partition coefficient (Wildman–Crippen LogP) is 0.485. The van der Waals surface area contributed by atoms with Gasteiger partial charge in [-0.05, 0) is 0 Å². The summed E-state index contributed by atoms with van der Waals surface area (Å²) in [5.74, 6) is -3.79. The lowest BCUT2D eigenvalue weighted by Gasteiger charge is -2.21. The zero-order chi connectivity index (χ0) is 16.2. The summed E-state index contributed by atoms with van der Waals surface area (Å²) in [6.45, 7) is -1.15. The van der Waals surface area contributed by atoms with E-state index in [1.54, 1.807) is 5.32 Å². The molecule has 1 atom stereocenters. The highest BCUT2D eigenvalue weighted by molar-refractivity contribution is 5.79. The number of amides is 1. The van der Waals surface area contributed by atoms with Gasteiger partial charge in [-0.2, -0.15) is 8.78 Å². The van der Waals surface area contributed by atoms with Crippen molar-refractivity contribution >= 4 is 17.3 Å². The highest BCUT2D eigenvalue weighted by Gasteiger charge is 2.18. The number of alkyl halides is 2. The molecule has 0 aliphatic heterocycles. The van der Waals surface area contributed by atoms with E-state index in [1.807, 2.05) is 0 Å². The molecule has 1 aromatic rings. The van der Waals surface area contributed by atoms with Crippen molar-refractivity contribution in [3.05, 3.63) is 23.8 Å². The van der Waals surface area contributed by atoms with Crippen LogP contribution >= 0.6 is 0 Å². The van der Waals surface area contributed by atoms with E-state index < -0.39 is 48.8 Å². The Bertz CT molecular complexity index is 492. The number of nitrogens with one attached hydrogen (secondary N) is 1. The van der Waals surface area contributed by atoms with E-state index in [9.17, 15) is 32.7 Å². The fourth-order valence-electron chi connectivity index (χ4n) is 1.39. The minimum atomic E-state index is -3.23. The van der Waals surface area contributed by atoms with E-state index in [2.05, 4.69) is 0 Å². The summed E-state index contributed by atoms with van der Waals surface area (Å²) < 4.78 is 50.1. The maximum Gasteiger partial charge on any atom is 0.315 e. The molecule has 5 N–H and O–H groups in total.